The highest BCUT2D eigenvalue weighted by atomic mass is 16.1. The number of amides is 1. The zero-order valence-electron chi connectivity index (χ0n) is 12.9. The number of hydrogen-bond donors (Lipinski definition) is 3. The van der Waals surface area contributed by atoms with Crippen molar-refractivity contribution in [2.45, 2.75) is 20.3 Å². The van der Waals surface area contributed by atoms with Crippen LogP contribution in [0.25, 0.3) is 11.1 Å². The number of rotatable bonds is 2. The summed E-state index contributed by atoms with van der Waals surface area (Å²) in [6.07, 6.45) is 2.19. The fourth-order valence-electron chi connectivity index (χ4n) is 2.87. The van der Waals surface area contributed by atoms with Gasteiger partial charge in [0.15, 0.2) is 0 Å². The molecule has 4 nitrogen and oxygen atoms in total. The summed E-state index contributed by atoms with van der Waals surface area (Å²) in [6, 6.07) is 10.6. The minimum atomic E-state index is -0.156. The highest BCUT2D eigenvalue weighted by Gasteiger charge is 2.23. The topological polar surface area (TPSA) is 81.1 Å². The Bertz CT molecular complexity index is 735. The molecule has 1 amide bonds. The van der Waals surface area contributed by atoms with E-state index in [0.29, 0.717) is 0 Å². The molecule has 3 rings (SSSR count). The maximum Gasteiger partial charge on any atom is 0.247 e. The van der Waals surface area contributed by atoms with Crippen molar-refractivity contribution < 1.29 is 4.79 Å². The molecule has 0 fully saturated rings. The van der Waals surface area contributed by atoms with E-state index < -0.39 is 0 Å². The number of carbonyl (C=O) groups excluding carboxylic acids is 1. The van der Waals surface area contributed by atoms with Crippen LogP contribution in [0.4, 0.5) is 5.69 Å². The molecule has 1 aliphatic rings. The maximum absolute atomic E-state index is 11.7. The van der Waals surface area contributed by atoms with Crippen molar-refractivity contribution >= 4 is 11.6 Å². The summed E-state index contributed by atoms with van der Waals surface area (Å²) < 4.78 is 0. The molecule has 0 radical (unpaired) electrons. The Hall–Kier alpha value is -2.43. The molecule has 0 atom stereocenters. The van der Waals surface area contributed by atoms with Gasteiger partial charge in [0, 0.05) is 12.1 Å². The van der Waals surface area contributed by atoms with Crippen molar-refractivity contribution in [1.29, 1.82) is 0 Å². The first-order chi connectivity index (χ1) is 10.6. The number of carbonyl (C=O) groups is 1. The van der Waals surface area contributed by atoms with Crippen LogP contribution in [-0.2, 0) is 11.2 Å². The average Bonchev–Trinajstić information content (AvgIpc) is 2.92. The van der Waals surface area contributed by atoms with Crippen molar-refractivity contribution in [3.8, 4) is 11.1 Å². The quantitative estimate of drug-likeness (QED) is 0.386. The van der Waals surface area contributed by atoms with Crippen molar-refractivity contribution in [3.63, 3.8) is 0 Å². The lowest BCUT2D eigenvalue weighted by atomic mass is 9.97. The normalized spacial score (nSPS) is 10.9. The fourth-order valence-corrected chi connectivity index (χ4v) is 2.87. The Balaban J connectivity index is 0.000000847. The SMILES string of the molecule is C=CC(=O)Nc1c(C)c(C)cc2c1Cc1ccccc1-2.NN. The van der Waals surface area contributed by atoms with Gasteiger partial charge in [0.05, 0.1) is 0 Å². The van der Waals surface area contributed by atoms with Crippen molar-refractivity contribution in [3.05, 3.63) is 65.2 Å². The first kappa shape index (κ1) is 15.9. The van der Waals surface area contributed by atoms with E-state index in [9.17, 15) is 4.79 Å². The van der Waals surface area contributed by atoms with Crippen LogP contribution in [-0.4, -0.2) is 5.91 Å². The predicted molar refractivity (Wildman–Crippen MR) is 91.4 cm³/mol. The van der Waals surface area contributed by atoms with Gasteiger partial charge in [-0.2, -0.15) is 0 Å². The summed E-state index contributed by atoms with van der Waals surface area (Å²) in [6.45, 7) is 7.67. The van der Waals surface area contributed by atoms with Gasteiger partial charge < -0.3 is 5.32 Å². The lowest BCUT2D eigenvalue weighted by molar-refractivity contribution is -0.111. The number of hydrazine groups is 1. The highest BCUT2D eigenvalue weighted by Crippen LogP contribution is 2.42. The summed E-state index contributed by atoms with van der Waals surface area (Å²) >= 11 is 0. The summed E-state index contributed by atoms with van der Waals surface area (Å²) in [5, 5.41) is 2.98. The largest absolute Gasteiger partial charge is 0.322 e. The molecule has 4 heteroatoms. The van der Waals surface area contributed by atoms with E-state index in [2.05, 4.69) is 67.8 Å². The minimum Gasteiger partial charge on any atom is -0.322 e. The fraction of sp³-hybridized carbons (Fsp3) is 0.167. The molecule has 0 bridgehead atoms. The molecule has 0 spiro atoms. The van der Waals surface area contributed by atoms with Gasteiger partial charge in [0.25, 0.3) is 0 Å². The van der Waals surface area contributed by atoms with E-state index in [-0.39, 0.29) is 5.91 Å². The van der Waals surface area contributed by atoms with Crippen LogP contribution in [0.15, 0.2) is 43.0 Å². The van der Waals surface area contributed by atoms with Crippen molar-refractivity contribution in [1.82, 2.24) is 0 Å². The molecule has 0 heterocycles. The molecule has 0 aromatic heterocycles. The van der Waals surface area contributed by atoms with E-state index in [1.807, 2.05) is 0 Å². The molecule has 2 aromatic carbocycles. The van der Waals surface area contributed by atoms with E-state index in [1.54, 1.807) is 0 Å². The molecular formula is C18H21N3O. The summed E-state index contributed by atoms with van der Waals surface area (Å²) in [5.74, 6) is 7.84. The molecule has 1 aliphatic carbocycles. The molecule has 0 saturated heterocycles. The first-order valence-corrected chi connectivity index (χ1v) is 7.10. The third-order valence-corrected chi connectivity index (χ3v) is 4.06. The molecule has 0 unspecified atom stereocenters. The van der Waals surface area contributed by atoms with Crippen LogP contribution in [0.5, 0.6) is 0 Å². The molecular weight excluding hydrogens is 274 g/mol. The maximum atomic E-state index is 11.7. The van der Waals surface area contributed by atoms with Crippen LogP contribution in [0.3, 0.4) is 0 Å². The van der Waals surface area contributed by atoms with Crippen LogP contribution in [0.1, 0.15) is 22.3 Å². The van der Waals surface area contributed by atoms with Crippen LogP contribution >= 0.6 is 0 Å². The third kappa shape index (κ3) is 2.66. The number of nitrogens with one attached hydrogen (secondary N) is 1. The number of aryl methyl sites for hydroxylation is 1. The van der Waals surface area contributed by atoms with E-state index in [0.717, 1.165) is 17.7 Å². The van der Waals surface area contributed by atoms with Gasteiger partial charge in [-0.25, -0.2) is 0 Å². The van der Waals surface area contributed by atoms with E-state index in [1.165, 1.54) is 33.9 Å². The van der Waals surface area contributed by atoms with Gasteiger partial charge in [0.1, 0.15) is 0 Å². The second kappa shape index (κ2) is 6.56. The Kier molecular flexibility index (Phi) is 4.75. The first-order valence-electron chi connectivity index (χ1n) is 7.10. The van der Waals surface area contributed by atoms with Gasteiger partial charge in [0.2, 0.25) is 5.91 Å². The van der Waals surface area contributed by atoms with Crippen molar-refractivity contribution in [2.24, 2.45) is 11.7 Å². The molecule has 5 N–H and O–H groups in total. The Labute approximate surface area is 130 Å². The monoisotopic (exact) mass is 295 g/mol. The highest BCUT2D eigenvalue weighted by molar-refractivity contribution is 6.01. The van der Waals surface area contributed by atoms with E-state index in [4.69, 9.17) is 0 Å². The van der Waals surface area contributed by atoms with Crippen molar-refractivity contribution in [2.75, 3.05) is 5.32 Å². The van der Waals surface area contributed by atoms with Crippen LogP contribution in [0, 0.1) is 13.8 Å². The number of anilines is 1. The zero-order valence-corrected chi connectivity index (χ0v) is 12.9. The predicted octanol–water partition coefficient (Wildman–Crippen LogP) is 2.82. The lowest BCUT2D eigenvalue weighted by Gasteiger charge is -2.15. The lowest BCUT2D eigenvalue weighted by Crippen LogP contribution is -2.11. The Morgan fingerprint density at radius 1 is 1.23 bits per heavy atom. The smallest absolute Gasteiger partial charge is 0.247 e. The van der Waals surface area contributed by atoms with Gasteiger partial charge in [-0.15, -0.1) is 0 Å². The number of nitrogens with two attached hydrogens (primary N) is 2. The minimum absolute atomic E-state index is 0.156. The Morgan fingerprint density at radius 3 is 2.59 bits per heavy atom. The second-order valence-electron chi connectivity index (χ2n) is 5.25. The van der Waals surface area contributed by atoms with Gasteiger partial charge in [-0.3, -0.25) is 16.5 Å². The van der Waals surface area contributed by atoms with Gasteiger partial charge >= 0.3 is 0 Å². The number of hydrogen-bond acceptors (Lipinski definition) is 3. The molecule has 2 aromatic rings. The number of benzene rings is 2. The third-order valence-electron chi connectivity index (χ3n) is 4.06. The van der Waals surface area contributed by atoms with Crippen LogP contribution in [0.2, 0.25) is 0 Å². The summed E-state index contributed by atoms with van der Waals surface area (Å²) in [5.41, 5.74) is 8.32. The molecule has 0 saturated carbocycles. The van der Waals surface area contributed by atoms with Gasteiger partial charge in [-0.1, -0.05) is 36.9 Å². The average molecular weight is 295 g/mol. The summed E-state index contributed by atoms with van der Waals surface area (Å²) in [4.78, 5) is 11.7. The Morgan fingerprint density at radius 2 is 1.91 bits per heavy atom. The molecule has 0 aliphatic heterocycles. The molecule has 114 valence electrons. The second-order valence-corrected chi connectivity index (χ2v) is 5.25. The van der Waals surface area contributed by atoms with Gasteiger partial charge in [-0.05, 0) is 53.3 Å². The zero-order chi connectivity index (χ0) is 16.3. The standard InChI is InChI=1S/C18H17NO.H4N2/c1-4-17(20)19-18-12(3)11(2)9-15-14-8-6-5-7-13(14)10-16(15)18;1-2/h4-9H,1,10H2,2-3H3,(H,19,20);1-2H2. The van der Waals surface area contributed by atoms with Crippen LogP contribution < -0.4 is 17.0 Å². The van der Waals surface area contributed by atoms with E-state index >= 15 is 0 Å². The molecule has 22 heavy (non-hydrogen) atoms. The number of fused-ring (bicyclic) bond motifs is 3. The summed E-state index contributed by atoms with van der Waals surface area (Å²) in [7, 11) is 0.